The van der Waals surface area contributed by atoms with Gasteiger partial charge in [-0.2, -0.15) is 0 Å². The summed E-state index contributed by atoms with van der Waals surface area (Å²) in [7, 11) is -3.57. The smallest absolute Gasteiger partial charge is 0.251 e. The number of sulfonamides is 1. The minimum atomic E-state index is -3.57. The van der Waals surface area contributed by atoms with Crippen LogP contribution >= 0.6 is 0 Å². The highest BCUT2D eigenvalue weighted by atomic mass is 32.2. The van der Waals surface area contributed by atoms with Crippen molar-refractivity contribution in [3.05, 3.63) is 65.7 Å². The summed E-state index contributed by atoms with van der Waals surface area (Å²) in [5.74, 6) is -0.195. The van der Waals surface area contributed by atoms with Gasteiger partial charge in [-0.15, -0.1) is 0 Å². The Morgan fingerprint density at radius 2 is 1.69 bits per heavy atom. The van der Waals surface area contributed by atoms with E-state index in [0.29, 0.717) is 12.1 Å². The molecule has 140 valence electrons. The van der Waals surface area contributed by atoms with Crippen LogP contribution in [0.25, 0.3) is 0 Å². The molecule has 1 amide bonds. The van der Waals surface area contributed by atoms with Gasteiger partial charge in [-0.1, -0.05) is 37.3 Å². The molecule has 1 atom stereocenters. The number of carbonyl (C=O) groups is 1. The van der Waals surface area contributed by atoms with Crippen molar-refractivity contribution in [1.29, 1.82) is 0 Å². The third-order valence-electron chi connectivity index (χ3n) is 4.19. The van der Waals surface area contributed by atoms with Crippen LogP contribution in [0.3, 0.4) is 0 Å². The third kappa shape index (κ3) is 5.97. The van der Waals surface area contributed by atoms with E-state index in [2.05, 4.69) is 10.0 Å². The number of benzene rings is 2. The molecular formula is C20H26N2O3S. The normalized spacial score (nSPS) is 12.5. The second-order valence-electron chi connectivity index (χ2n) is 6.29. The second-order valence-corrected chi connectivity index (χ2v) is 8.06. The van der Waals surface area contributed by atoms with Gasteiger partial charge in [0.15, 0.2) is 0 Å². The van der Waals surface area contributed by atoms with Crippen LogP contribution < -0.4 is 10.0 Å². The van der Waals surface area contributed by atoms with E-state index in [9.17, 15) is 13.2 Å². The van der Waals surface area contributed by atoms with Gasteiger partial charge < -0.3 is 5.32 Å². The molecule has 0 fully saturated rings. The maximum atomic E-state index is 12.3. The molecule has 2 N–H and O–H groups in total. The molecule has 0 radical (unpaired) electrons. The van der Waals surface area contributed by atoms with Crippen LogP contribution in [-0.2, 0) is 16.4 Å². The molecule has 2 aromatic rings. The zero-order valence-electron chi connectivity index (χ0n) is 15.2. The molecule has 6 heteroatoms. The lowest BCUT2D eigenvalue weighted by Gasteiger charge is -2.12. The third-order valence-corrected chi connectivity index (χ3v) is 5.67. The summed E-state index contributed by atoms with van der Waals surface area (Å²) in [4.78, 5) is 12.2. The van der Waals surface area contributed by atoms with Gasteiger partial charge in [0, 0.05) is 18.2 Å². The zero-order chi connectivity index (χ0) is 19.0. The van der Waals surface area contributed by atoms with Crippen LogP contribution in [-0.4, -0.2) is 26.9 Å². The van der Waals surface area contributed by atoms with Crippen molar-refractivity contribution in [2.24, 2.45) is 0 Å². The Morgan fingerprint density at radius 3 is 2.31 bits per heavy atom. The van der Waals surface area contributed by atoms with Gasteiger partial charge in [0.25, 0.3) is 5.91 Å². The van der Waals surface area contributed by atoms with Gasteiger partial charge in [0.05, 0.1) is 4.90 Å². The Bertz CT molecular complexity index is 803. The lowest BCUT2D eigenvalue weighted by molar-refractivity contribution is 0.0939. The molecule has 0 aromatic heterocycles. The summed E-state index contributed by atoms with van der Waals surface area (Å²) in [6, 6.07) is 16.0. The molecule has 0 aliphatic rings. The van der Waals surface area contributed by atoms with E-state index in [4.69, 9.17) is 0 Å². The molecule has 2 aromatic carbocycles. The number of nitrogens with one attached hydrogen (secondary N) is 2. The van der Waals surface area contributed by atoms with Crippen molar-refractivity contribution in [2.75, 3.05) is 6.54 Å². The van der Waals surface area contributed by atoms with Crippen molar-refractivity contribution >= 4 is 15.9 Å². The summed E-state index contributed by atoms with van der Waals surface area (Å²) in [6.07, 6.45) is 2.38. The van der Waals surface area contributed by atoms with Gasteiger partial charge in [-0.05, 0) is 56.0 Å². The van der Waals surface area contributed by atoms with E-state index in [1.807, 2.05) is 44.2 Å². The molecule has 1 unspecified atom stereocenters. The number of carbonyl (C=O) groups excluding carboxylic acids is 1. The Labute approximate surface area is 155 Å². The Hall–Kier alpha value is -2.18. The maximum Gasteiger partial charge on any atom is 0.251 e. The quantitative estimate of drug-likeness (QED) is 0.662. The van der Waals surface area contributed by atoms with E-state index < -0.39 is 10.0 Å². The molecular weight excluding hydrogens is 348 g/mol. The second kappa shape index (κ2) is 9.50. The van der Waals surface area contributed by atoms with E-state index in [0.717, 1.165) is 19.3 Å². The van der Waals surface area contributed by atoms with Gasteiger partial charge in [-0.3, -0.25) is 4.79 Å². The monoisotopic (exact) mass is 374 g/mol. The zero-order valence-corrected chi connectivity index (χ0v) is 16.1. The average molecular weight is 375 g/mol. The number of amides is 1. The molecule has 0 bridgehead atoms. The molecule has 0 heterocycles. The highest BCUT2D eigenvalue weighted by Gasteiger charge is 2.15. The van der Waals surface area contributed by atoms with Crippen molar-refractivity contribution in [1.82, 2.24) is 10.0 Å². The Morgan fingerprint density at radius 1 is 1.04 bits per heavy atom. The minimum Gasteiger partial charge on any atom is -0.350 e. The van der Waals surface area contributed by atoms with Crippen molar-refractivity contribution < 1.29 is 13.2 Å². The predicted octanol–water partition coefficient (Wildman–Crippen LogP) is 3.13. The first kappa shape index (κ1) is 20.1. The summed E-state index contributed by atoms with van der Waals surface area (Å²) in [5.41, 5.74) is 1.64. The molecule has 0 saturated carbocycles. The summed E-state index contributed by atoms with van der Waals surface area (Å²) in [6.45, 7) is 4.29. The first-order valence-corrected chi connectivity index (χ1v) is 10.3. The molecule has 0 aliphatic heterocycles. The molecule has 0 saturated heterocycles. The Kier molecular flexibility index (Phi) is 7.36. The maximum absolute atomic E-state index is 12.3. The molecule has 26 heavy (non-hydrogen) atoms. The fourth-order valence-corrected chi connectivity index (χ4v) is 3.50. The molecule has 0 aliphatic carbocycles. The van der Waals surface area contributed by atoms with Crippen molar-refractivity contribution in [2.45, 2.75) is 44.0 Å². The fourth-order valence-electron chi connectivity index (χ4n) is 2.42. The van der Waals surface area contributed by atoms with Crippen LogP contribution in [0.15, 0.2) is 59.5 Å². The van der Waals surface area contributed by atoms with Gasteiger partial charge in [0.2, 0.25) is 10.0 Å². The molecule has 2 rings (SSSR count). The van der Waals surface area contributed by atoms with Gasteiger partial charge in [-0.25, -0.2) is 13.1 Å². The minimum absolute atomic E-state index is 0.0807. The van der Waals surface area contributed by atoms with E-state index >= 15 is 0 Å². The number of aryl methyl sites for hydroxylation is 1. The standard InChI is InChI=1S/C20H26N2O3S/c1-3-16(2)22-20(23)18-11-13-19(14-12-18)26(24,25)21-15-7-10-17-8-5-4-6-9-17/h4-6,8-9,11-14,16,21H,3,7,10,15H2,1-2H3,(H,22,23). The SMILES string of the molecule is CCC(C)NC(=O)c1ccc(S(=O)(=O)NCCCc2ccccc2)cc1. The fraction of sp³-hybridized carbons (Fsp3) is 0.350. The average Bonchev–Trinajstić information content (AvgIpc) is 2.66. The van der Waals surface area contributed by atoms with Gasteiger partial charge in [0.1, 0.15) is 0 Å². The summed E-state index contributed by atoms with van der Waals surface area (Å²) < 4.78 is 27.3. The van der Waals surface area contributed by atoms with E-state index in [1.165, 1.54) is 29.8 Å². The van der Waals surface area contributed by atoms with Crippen molar-refractivity contribution in [3.8, 4) is 0 Å². The van der Waals surface area contributed by atoms with Crippen LogP contribution in [0.1, 0.15) is 42.6 Å². The lowest BCUT2D eigenvalue weighted by atomic mass is 10.1. The number of hydrogen-bond acceptors (Lipinski definition) is 3. The first-order valence-electron chi connectivity index (χ1n) is 8.87. The number of rotatable bonds is 9. The molecule has 5 nitrogen and oxygen atoms in total. The largest absolute Gasteiger partial charge is 0.350 e. The van der Waals surface area contributed by atoms with E-state index in [1.54, 1.807) is 0 Å². The lowest BCUT2D eigenvalue weighted by Crippen LogP contribution is -2.32. The van der Waals surface area contributed by atoms with Crippen LogP contribution in [0, 0.1) is 0 Å². The van der Waals surface area contributed by atoms with E-state index in [-0.39, 0.29) is 16.8 Å². The highest BCUT2D eigenvalue weighted by Crippen LogP contribution is 2.11. The summed E-state index contributed by atoms with van der Waals surface area (Å²) >= 11 is 0. The highest BCUT2D eigenvalue weighted by molar-refractivity contribution is 7.89. The van der Waals surface area contributed by atoms with Crippen LogP contribution in [0.4, 0.5) is 0 Å². The molecule has 0 spiro atoms. The van der Waals surface area contributed by atoms with Gasteiger partial charge >= 0.3 is 0 Å². The summed E-state index contributed by atoms with van der Waals surface area (Å²) in [5, 5.41) is 2.86. The Balaban J connectivity index is 1.89. The number of hydrogen-bond donors (Lipinski definition) is 2. The predicted molar refractivity (Wildman–Crippen MR) is 104 cm³/mol. The van der Waals surface area contributed by atoms with Crippen LogP contribution in [0.2, 0.25) is 0 Å². The van der Waals surface area contributed by atoms with Crippen LogP contribution in [0.5, 0.6) is 0 Å². The van der Waals surface area contributed by atoms with Crippen molar-refractivity contribution in [3.63, 3.8) is 0 Å². The first-order chi connectivity index (χ1) is 12.4. The topological polar surface area (TPSA) is 75.3 Å².